The Morgan fingerprint density at radius 2 is 1.96 bits per heavy atom. The highest BCUT2D eigenvalue weighted by Gasteiger charge is 2.44. The number of rotatable bonds is 5. The van der Waals surface area contributed by atoms with Gasteiger partial charge in [0.2, 0.25) is 10.0 Å². The topological polar surface area (TPSA) is 90.3 Å². The highest BCUT2D eigenvalue weighted by molar-refractivity contribution is 7.88. The highest BCUT2D eigenvalue weighted by Crippen LogP contribution is 2.28. The minimum absolute atomic E-state index is 0.0345. The molecule has 2 heterocycles. The smallest absolute Gasteiger partial charge is 0.211 e. The maximum Gasteiger partial charge on any atom is 0.211 e. The Bertz CT molecular complexity index is 754. The van der Waals surface area contributed by atoms with Gasteiger partial charge in [-0.3, -0.25) is 4.90 Å². The van der Waals surface area contributed by atoms with E-state index in [1.54, 1.807) is 24.3 Å². The van der Waals surface area contributed by atoms with Crippen LogP contribution in [-0.2, 0) is 10.0 Å². The Balaban J connectivity index is 1.60. The summed E-state index contributed by atoms with van der Waals surface area (Å²) >= 11 is 5.95. The fourth-order valence-corrected chi connectivity index (χ4v) is 4.90. The summed E-state index contributed by atoms with van der Waals surface area (Å²) in [7, 11) is -3.16. The van der Waals surface area contributed by atoms with E-state index in [9.17, 15) is 18.6 Å². The third-order valence-corrected chi connectivity index (χ3v) is 7.02. The van der Waals surface area contributed by atoms with Crippen LogP contribution in [0, 0.1) is 0 Å². The quantitative estimate of drug-likeness (QED) is 0.739. The highest BCUT2D eigenvalue weighted by atomic mass is 35.5. The van der Waals surface area contributed by atoms with E-state index in [0.717, 1.165) is 0 Å². The molecule has 3 rings (SSSR count). The number of β-amino-alcohol motifs (C(OH)–C–C–N with tert-alkyl or cyclic N) is 1. The summed E-state index contributed by atoms with van der Waals surface area (Å²) in [5.41, 5.74) is -1.38. The first-order valence-electron chi connectivity index (χ1n) is 9.15. The zero-order valence-corrected chi connectivity index (χ0v) is 17.0. The average molecular weight is 419 g/mol. The second kappa shape index (κ2) is 8.23. The van der Waals surface area contributed by atoms with Crippen molar-refractivity contribution in [3.05, 3.63) is 29.3 Å². The maximum absolute atomic E-state index is 11.7. The van der Waals surface area contributed by atoms with E-state index in [2.05, 4.69) is 4.90 Å². The standard InChI is InChI=1S/C18H27ClN2O5S/c1-27(24,25)21-9-5-15(6-10-21)20-8-7-17(22)18(23,12-20)13-26-16-4-2-3-14(19)11-16/h2-4,11,15,17,22-23H,5-10,12-13H2,1H3/t17-,18-/m0/s1. The Hall–Kier alpha value is -0.900. The van der Waals surface area contributed by atoms with Crippen LogP contribution >= 0.6 is 11.6 Å². The van der Waals surface area contributed by atoms with E-state index in [0.29, 0.717) is 49.7 Å². The lowest BCUT2D eigenvalue weighted by atomic mass is 9.88. The number of piperidine rings is 2. The van der Waals surface area contributed by atoms with Gasteiger partial charge >= 0.3 is 0 Å². The van der Waals surface area contributed by atoms with Crippen molar-refractivity contribution in [2.45, 2.75) is 37.0 Å². The lowest BCUT2D eigenvalue weighted by molar-refractivity contribution is -0.147. The van der Waals surface area contributed by atoms with Gasteiger partial charge in [0.25, 0.3) is 0 Å². The molecule has 2 aliphatic heterocycles. The molecule has 0 radical (unpaired) electrons. The molecular weight excluding hydrogens is 392 g/mol. The van der Waals surface area contributed by atoms with Gasteiger partial charge in [-0.15, -0.1) is 0 Å². The zero-order valence-electron chi connectivity index (χ0n) is 15.4. The van der Waals surface area contributed by atoms with Gasteiger partial charge in [-0.1, -0.05) is 17.7 Å². The Kier molecular flexibility index (Phi) is 6.34. The first-order chi connectivity index (χ1) is 12.7. The van der Waals surface area contributed by atoms with Gasteiger partial charge in [0, 0.05) is 37.2 Å². The van der Waals surface area contributed by atoms with Crippen molar-refractivity contribution in [2.24, 2.45) is 0 Å². The molecule has 9 heteroatoms. The number of ether oxygens (including phenoxy) is 1. The van der Waals surface area contributed by atoms with Crippen LogP contribution in [0.15, 0.2) is 24.3 Å². The van der Waals surface area contributed by atoms with Gasteiger partial charge in [0.1, 0.15) is 18.0 Å². The normalized spacial score (nSPS) is 29.0. The summed E-state index contributed by atoms with van der Waals surface area (Å²) in [4.78, 5) is 2.15. The number of hydrogen-bond donors (Lipinski definition) is 2. The van der Waals surface area contributed by atoms with Crippen molar-refractivity contribution < 1.29 is 23.4 Å². The minimum Gasteiger partial charge on any atom is -0.490 e. The van der Waals surface area contributed by atoms with Crippen LogP contribution < -0.4 is 4.74 Å². The molecule has 2 aliphatic rings. The van der Waals surface area contributed by atoms with E-state index in [4.69, 9.17) is 16.3 Å². The molecule has 0 saturated carbocycles. The van der Waals surface area contributed by atoms with E-state index in [1.807, 2.05) is 0 Å². The third-order valence-electron chi connectivity index (χ3n) is 5.48. The number of aliphatic hydroxyl groups excluding tert-OH is 1. The van der Waals surface area contributed by atoms with Gasteiger partial charge < -0.3 is 14.9 Å². The summed E-state index contributed by atoms with van der Waals surface area (Å²) in [6.07, 6.45) is 2.24. The molecule has 152 valence electrons. The number of benzene rings is 1. The molecule has 2 atom stereocenters. The fraction of sp³-hybridized carbons (Fsp3) is 0.667. The second-order valence-corrected chi connectivity index (χ2v) is 9.94. The fourth-order valence-electron chi connectivity index (χ4n) is 3.85. The number of halogens is 1. The Morgan fingerprint density at radius 3 is 2.59 bits per heavy atom. The van der Waals surface area contributed by atoms with Crippen LogP contribution in [0.3, 0.4) is 0 Å². The van der Waals surface area contributed by atoms with Gasteiger partial charge in [-0.05, 0) is 37.5 Å². The summed E-state index contributed by atoms with van der Waals surface area (Å²) < 4.78 is 30.5. The molecule has 2 saturated heterocycles. The lowest BCUT2D eigenvalue weighted by Crippen LogP contribution is -2.62. The van der Waals surface area contributed by atoms with E-state index < -0.39 is 21.7 Å². The molecule has 0 bridgehead atoms. The molecule has 0 aliphatic carbocycles. The van der Waals surface area contributed by atoms with Gasteiger partial charge in [-0.2, -0.15) is 0 Å². The number of hydrogen-bond acceptors (Lipinski definition) is 6. The van der Waals surface area contributed by atoms with E-state index >= 15 is 0 Å². The number of nitrogens with zero attached hydrogens (tertiary/aromatic N) is 2. The third kappa shape index (κ3) is 5.13. The monoisotopic (exact) mass is 418 g/mol. The second-order valence-electron chi connectivity index (χ2n) is 7.52. The first kappa shape index (κ1) is 20.8. The van der Waals surface area contributed by atoms with Crippen LogP contribution in [0.5, 0.6) is 5.75 Å². The SMILES string of the molecule is CS(=O)(=O)N1CCC(N2CC[C@H](O)[C@@](O)(COc3cccc(Cl)c3)C2)CC1. The molecule has 0 aromatic heterocycles. The van der Waals surface area contributed by atoms with Crippen molar-refractivity contribution in [3.63, 3.8) is 0 Å². The van der Waals surface area contributed by atoms with Gasteiger partial charge in [0.05, 0.1) is 12.4 Å². The van der Waals surface area contributed by atoms with Crippen LogP contribution in [0.1, 0.15) is 19.3 Å². The van der Waals surface area contributed by atoms with Crippen LogP contribution in [0.4, 0.5) is 0 Å². The summed E-state index contributed by atoms with van der Waals surface area (Å²) in [5, 5.41) is 21.9. The zero-order chi connectivity index (χ0) is 19.7. The van der Waals surface area contributed by atoms with Crippen molar-refractivity contribution in [3.8, 4) is 5.75 Å². The largest absolute Gasteiger partial charge is 0.490 e. The predicted molar refractivity (Wildman–Crippen MR) is 104 cm³/mol. The number of likely N-dealkylation sites (tertiary alicyclic amines) is 1. The average Bonchev–Trinajstić information content (AvgIpc) is 2.62. The Morgan fingerprint density at radius 1 is 1.26 bits per heavy atom. The summed E-state index contributed by atoms with van der Waals surface area (Å²) in [6.45, 7) is 1.90. The summed E-state index contributed by atoms with van der Waals surface area (Å²) in [5.74, 6) is 0.543. The van der Waals surface area contributed by atoms with Crippen LogP contribution in [-0.4, -0.2) is 84.6 Å². The van der Waals surface area contributed by atoms with Crippen LogP contribution in [0.2, 0.25) is 5.02 Å². The van der Waals surface area contributed by atoms with Crippen molar-refractivity contribution in [2.75, 3.05) is 39.0 Å². The van der Waals surface area contributed by atoms with Crippen molar-refractivity contribution in [1.29, 1.82) is 0 Å². The first-order valence-corrected chi connectivity index (χ1v) is 11.4. The molecule has 2 fully saturated rings. The Labute approximate surface area is 165 Å². The molecule has 0 unspecified atom stereocenters. The summed E-state index contributed by atoms with van der Waals surface area (Å²) in [6, 6.07) is 7.11. The number of aliphatic hydroxyl groups is 2. The van der Waals surface area contributed by atoms with E-state index in [1.165, 1.54) is 10.6 Å². The molecule has 1 aromatic rings. The number of sulfonamides is 1. The minimum atomic E-state index is -3.16. The van der Waals surface area contributed by atoms with Gasteiger partial charge in [0.15, 0.2) is 0 Å². The van der Waals surface area contributed by atoms with E-state index in [-0.39, 0.29) is 19.2 Å². The van der Waals surface area contributed by atoms with Gasteiger partial charge in [-0.25, -0.2) is 12.7 Å². The molecular formula is C18H27ClN2O5S. The molecule has 7 nitrogen and oxygen atoms in total. The van der Waals surface area contributed by atoms with Crippen molar-refractivity contribution >= 4 is 21.6 Å². The molecule has 2 N–H and O–H groups in total. The van der Waals surface area contributed by atoms with Crippen LogP contribution in [0.25, 0.3) is 0 Å². The molecule has 0 spiro atoms. The predicted octanol–water partition coefficient (Wildman–Crippen LogP) is 0.941. The molecule has 27 heavy (non-hydrogen) atoms. The van der Waals surface area contributed by atoms with Crippen molar-refractivity contribution in [1.82, 2.24) is 9.21 Å². The maximum atomic E-state index is 11.7. The molecule has 0 amide bonds. The molecule has 1 aromatic carbocycles. The lowest BCUT2D eigenvalue weighted by Gasteiger charge is -2.47.